The maximum atomic E-state index is 13.1. The minimum atomic E-state index is -0.0705. The van der Waals surface area contributed by atoms with E-state index < -0.39 is 0 Å². The van der Waals surface area contributed by atoms with E-state index in [1.54, 1.807) is 9.58 Å². The van der Waals surface area contributed by atoms with Gasteiger partial charge in [-0.15, -0.1) is 0 Å². The zero-order valence-electron chi connectivity index (χ0n) is 15.4. The fourth-order valence-electron chi connectivity index (χ4n) is 3.83. The van der Waals surface area contributed by atoms with Gasteiger partial charge in [-0.3, -0.25) is 9.48 Å². The van der Waals surface area contributed by atoms with Gasteiger partial charge in [0, 0.05) is 46.3 Å². The van der Waals surface area contributed by atoms with Crippen molar-refractivity contribution in [1.82, 2.24) is 29.5 Å². The molecule has 1 aliphatic heterocycles. The van der Waals surface area contributed by atoms with Crippen molar-refractivity contribution in [3.63, 3.8) is 0 Å². The highest BCUT2D eigenvalue weighted by atomic mass is 16.2. The van der Waals surface area contributed by atoms with E-state index in [0.29, 0.717) is 13.1 Å². The molecule has 2 atom stereocenters. The molecule has 2 aromatic heterocycles. The number of hydrogen-bond donors (Lipinski definition) is 1. The Bertz CT molecular complexity index is 943. The Morgan fingerprint density at radius 2 is 2.12 bits per heavy atom. The maximum absolute atomic E-state index is 13.1. The number of carbonyl (C=O) groups is 1. The highest BCUT2D eigenvalue weighted by molar-refractivity contribution is 5.81. The molecule has 0 bridgehead atoms. The van der Waals surface area contributed by atoms with Crippen LogP contribution in [-0.4, -0.2) is 50.3 Å². The number of fused-ring (bicyclic) bond motifs is 1. The number of nitrogens with zero attached hydrogens (tertiary/aromatic N) is 5. The van der Waals surface area contributed by atoms with E-state index in [9.17, 15) is 4.79 Å². The van der Waals surface area contributed by atoms with Gasteiger partial charge in [0.1, 0.15) is 5.82 Å². The summed E-state index contributed by atoms with van der Waals surface area (Å²) >= 11 is 0. The second-order valence-corrected chi connectivity index (χ2v) is 7.09. The first-order valence-electron chi connectivity index (χ1n) is 8.89. The van der Waals surface area contributed by atoms with Crippen LogP contribution < -0.4 is 5.32 Å². The van der Waals surface area contributed by atoms with Gasteiger partial charge in [-0.05, 0) is 17.7 Å². The maximum Gasteiger partial charge on any atom is 0.227 e. The van der Waals surface area contributed by atoms with Crippen LogP contribution in [0.1, 0.15) is 17.3 Å². The van der Waals surface area contributed by atoms with Gasteiger partial charge < -0.3 is 14.8 Å². The van der Waals surface area contributed by atoms with Crippen molar-refractivity contribution in [2.24, 2.45) is 20.0 Å². The summed E-state index contributed by atoms with van der Waals surface area (Å²) in [6.07, 6.45) is 3.87. The molecule has 136 valence electrons. The summed E-state index contributed by atoms with van der Waals surface area (Å²) in [5.74, 6) is 1.14. The van der Waals surface area contributed by atoms with Crippen molar-refractivity contribution < 1.29 is 4.79 Å². The third-order valence-corrected chi connectivity index (χ3v) is 5.32. The Morgan fingerprint density at radius 3 is 2.85 bits per heavy atom. The van der Waals surface area contributed by atoms with E-state index >= 15 is 0 Å². The van der Waals surface area contributed by atoms with Crippen molar-refractivity contribution >= 4 is 16.9 Å². The number of rotatable bonds is 4. The molecule has 1 N–H and O–H groups in total. The molecule has 1 fully saturated rings. The number of hydrogen-bond acceptors (Lipinski definition) is 4. The predicted octanol–water partition coefficient (Wildman–Crippen LogP) is 1.27. The number of benzene rings is 1. The van der Waals surface area contributed by atoms with Gasteiger partial charge in [0.25, 0.3) is 0 Å². The lowest BCUT2D eigenvalue weighted by atomic mass is 9.90. The first kappa shape index (κ1) is 16.8. The van der Waals surface area contributed by atoms with Crippen LogP contribution >= 0.6 is 0 Å². The first-order valence-corrected chi connectivity index (χ1v) is 8.89. The number of aryl methyl sites for hydroxylation is 2. The molecule has 1 saturated heterocycles. The van der Waals surface area contributed by atoms with Crippen LogP contribution in [0.4, 0.5) is 0 Å². The number of aromatic nitrogens is 4. The minimum absolute atomic E-state index is 0.0705. The fourth-order valence-corrected chi connectivity index (χ4v) is 3.83. The molecule has 0 saturated carbocycles. The monoisotopic (exact) mass is 352 g/mol. The van der Waals surface area contributed by atoms with Crippen molar-refractivity contribution in [2.75, 3.05) is 20.1 Å². The average Bonchev–Trinajstić information content (AvgIpc) is 3.34. The first-order chi connectivity index (χ1) is 12.5. The van der Waals surface area contributed by atoms with Gasteiger partial charge in [0.2, 0.25) is 5.91 Å². The van der Waals surface area contributed by atoms with E-state index in [1.807, 2.05) is 57.8 Å². The van der Waals surface area contributed by atoms with E-state index in [0.717, 1.165) is 29.0 Å². The molecule has 1 aromatic carbocycles. The number of para-hydroxylation sites is 2. The molecule has 0 radical (unpaired) electrons. The van der Waals surface area contributed by atoms with Crippen LogP contribution in [0.15, 0.2) is 36.7 Å². The highest BCUT2D eigenvalue weighted by Crippen LogP contribution is 2.29. The number of amides is 1. The lowest BCUT2D eigenvalue weighted by molar-refractivity contribution is -0.134. The van der Waals surface area contributed by atoms with E-state index in [-0.39, 0.29) is 17.7 Å². The summed E-state index contributed by atoms with van der Waals surface area (Å²) in [6.45, 7) is 2.01. The summed E-state index contributed by atoms with van der Waals surface area (Å²) in [5, 5.41) is 7.61. The topological polar surface area (TPSA) is 68.0 Å². The summed E-state index contributed by atoms with van der Waals surface area (Å²) in [5.41, 5.74) is 3.16. The average molecular weight is 352 g/mol. The van der Waals surface area contributed by atoms with Crippen molar-refractivity contribution in [3.05, 3.63) is 48.0 Å². The van der Waals surface area contributed by atoms with Gasteiger partial charge in [-0.1, -0.05) is 12.1 Å². The van der Waals surface area contributed by atoms with E-state index in [4.69, 9.17) is 0 Å². The second-order valence-electron chi connectivity index (χ2n) is 7.09. The molecule has 1 amide bonds. The van der Waals surface area contributed by atoms with Crippen molar-refractivity contribution in [1.29, 1.82) is 0 Å². The lowest BCUT2D eigenvalue weighted by Gasteiger charge is -2.24. The Labute approximate surface area is 152 Å². The molecule has 26 heavy (non-hydrogen) atoms. The second kappa shape index (κ2) is 6.57. The normalized spacial score (nSPS) is 20.0. The molecule has 4 rings (SSSR count). The molecule has 7 nitrogen and oxygen atoms in total. The summed E-state index contributed by atoms with van der Waals surface area (Å²) < 4.78 is 3.85. The predicted molar refractivity (Wildman–Crippen MR) is 99.5 cm³/mol. The Hall–Kier alpha value is -2.67. The third-order valence-electron chi connectivity index (χ3n) is 5.32. The van der Waals surface area contributed by atoms with Crippen molar-refractivity contribution in [3.8, 4) is 0 Å². The van der Waals surface area contributed by atoms with Crippen LogP contribution in [0.25, 0.3) is 11.0 Å². The lowest BCUT2D eigenvalue weighted by Crippen LogP contribution is -2.36. The zero-order valence-corrected chi connectivity index (χ0v) is 15.4. The van der Waals surface area contributed by atoms with Crippen LogP contribution in [-0.2, 0) is 25.4 Å². The zero-order chi connectivity index (χ0) is 18.3. The Balaban J connectivity index is 1.52. The smallest absolute Gasteiger partial charge is 0.227 e. The fraction of sp³-hybridized carbons (Fsp3) is 0.421. The molecule has 0 unspecified atom stereocenters. The van der Waals surface area contributed by atoms with Gasteiger partial charge in [0.05, 0.1) is 29.7 Å². The molecule has 3 heterocycles. The highest BCUT2D eigenvalue weighted by Gasteiger charge is 2.36. The molecular formula is C19H24N6O. The van der Waals surface area contributed by atoms with Gasteiger partial charge in [0.15, 0.2) is 0 Å². The number of carbonyl (C=O) groups excluding carboxylic acids is 1. The quantitative estimate of drug-likeness (QED) is 0.768. The largest absolute Gasteiger partial charge is 0.338 e. The molecule has 0 spiro atoms. The summed E-state index contributed by atoms with van der Waals surface area (Å²) in [7, 11) is 5.76. The molecule has 3 aromatic rings. The van der Waals surface area contributed by atoms with Crippen LogP contribution in [0.3, 0.4) is 0 Å². The molecule has 0 aliphatic carbocycles. The van der Waals surface area contributed by atoms with Gasteiger partial charge in [-0.2, -0.15) is 5.10 Å². The van der Waals surface area contributed by atoms with Crippen LogP contribution in [0, 0.1) is 5.92 Å². The van der Waals surface area contributed by atoms with E-state index in [2.05, 4.69) is 20.0 Å². The Kier molecular flexibility index (Phi) is 4.24. The van der Waals surface area contributed by atoms with Gasteiger partial charge in [-0.25, -0.2) is 4.98 Å². The van der Waals surface area contributed by atoms with Crippen LogP contribution in [0.2, 0.25) is 0 Å². The SMILES string of the molecule is CN(Cc1nc2ccccc2n1C)C(=O)[C@H]1CNC[C@@H]1c1cnn(C)c1. The number of imidazole rings is 1. The summed E-state index contributed by atoms with van der Waals surface area (Å²) in [4.78, 5) is 19.6. The van der Waals surface area contributed by atoms with Gasteiger partial charge >= 0.3 is 0 Å². The van der Waals surface area contributed by atoms with E-state index in [1.165, 1.54) is 0 Å². The van der Waals surface area contributed by atoms with Crippen molar-refractivity contribution in [2.45, 2.75) is 12.5 Å². The molecule has 7 heteroatoms. The summed E-state index contributed by atoms with van der Waals surface area (Å²) in [6, 6.07) is 8.04. The minimum Gasteiger partial charge on any atom is -0.338 e. The third kappa shape index (κ3) is 2.88. The molecule has 1 aliphatic rings. The number of nitrogens with one attached hydrogen (secondary N) is 1. The van der Waals surface area contributed by atoms with Crippen LogP contribution in [0.5, 0.6) is 0 Å². The standard InChI is InChI=1S/C19H24N6O/c1-23(12-18-22-16-6-4-5-7-17(16)25(18)3)19(26)15-10-20-9-14(15)13-8-21-24(2)11-13/h4-8,11,14-15,20H,9-10,12H2,1-3H3/t14-,15+/m1/s1. The Morgan fingerprint density at radius 1 is 1.31 bits per heavy atom. The molecular weight excluding hydrogens is 328 g/mol.